The zero-order chi connectivity index (χ0) is 17.2. The van der Waals surface area contributed by atoms with E-state index >= 15 is 0 Å². The molecule has 0 aromatic heterocycles. The van der Waals surface area contributed by atoms with Crippen LogP contribution in [0.25, 0.3) is 0 Å². The number of benzene rings is 1. The predicted octanol–water partition coefficient (Wildman–Crippen LogP) is 2.00. The lowest BCUT2D eigenvalue weighted by atomic mass is 9.86. The summed E-state index contributed by atoms with van der Waals surface area (Å²) in [6, 6.07) is 5.83. The molecule has 0 spiro atoms. The van der Waals surface area contributed by atoms with E-state index in [4.69, 9.17) is 4.74 Å². The fourth-order valence-electron chi connectivity index (χ4n) is 2.87. The van der Waals surface area contributed by atoms with Crippen LogP contribution in [0.4, 0.5) is 0 Å². The Hall–Kier alpha value is -1.73. The zero-order valence-electron chi connectivity index (χ0n) is 13.4. The summed E-state index contributed by atoms with van der Waals surface area (Å²) in [4.78, 5) is 23.9. The van der Waals surface area contributed by atoms with E-state index < -0.39 is 10.0 Å². The van der Waals surface area contributed by atoms with E-state index in [1.165, 1.54) is 28.6 Å². The van der Waals surface area contributed by atoms with Crippen molar-refractivity contribution in [1.29, 1.82) is 0 Å². The second-order valence-corrected chi connectivity index (χ2v) is 8.23. The van der Waals surface area contributed by atoms with Crippen LogP contribution in [0.3, 0.4) is 0 Å². The Labute approximate surface area is 141 Å². The molecule has 6 nitrogen and oxygen atoms in total. The Kier molecular flexibility index (Phi) is 5.01. The molecule has 2 fully saturated rings. The van der Waals surface area contributed by atoms with Crippen molar-refractivity contribution in [2.45, 2.75) is 37.0 Å². The molecule has 0 N–H and O–H groups in total. The third kappa shape index (κ3) is 3.52. The number of nitrogens with zero attached hydrogens (tertiary/aromatic N) is 1. The van der Waals surface area contributed by atoms with Gasteiger partial charge in [-0.1, -0.05) is 6.42 Å². The number of ether oxygens (including phenoxy) is 1. The molecular formula is C17H21NO5S. The second kappa shape index (κ2) is 7.03. The number of Topliss-reactive ketones (excluding diaryl/α,β-unsaturated/α-hetero) is 1. The predicted molar refractivity (Wildman–Crippen MR) is 87.1 cm³/mol. The number of rotatable bonds is 6. The van der Waals surface area contributed by atoms with E-state index in [1.54, 1.807) is 0 Å². The van der Waals surface area contributed by atoms with Crippen molar-refractivity contribution >= 4 is 21.8 Å². The molecule has 0 atom stereocenters. The Balaban J connectivity index is 1.61. The van der Waals surface area contributed by atoms with Crippen molar-refractivity contribution in [2.24, 2.45) is 5.92 Å². The van der Waals surface area contributed by atoms with Crippen molar-refractivity contribution in [1.82, 2.24) is 4.31 Å². The van der Waals surface area contributed by atoms with E-state index in [0.29, 0.717) is 18.7 Å². The minimum atomic E-state index is -3.48. The molecule has 1 aromatic carbocycles. The van der Waals surface area contributed by atoms with Gasteiger partial charge in [-0.3, -0.25) is 9.59 Å². The third-order valence-electron chi connectivity index (χ3n) is 4.66. The maximum absolute atomic E-state index is 12.4. The molecule has 1 saturated carbocycles. The number of sulfonamides is 1. The van der Waals surface area contributed by atoms with Crippen molar-refractivity contribution in [3.63, 3.8) is 0 Å². The summed E-state index contributed by atoms with van der Waals surface area (Å²) < 4.78 is 31.3. The molecule has 2 aliphatic rings. The number of hydrogen-bond acceptors (Lipinski definition) is 5. The van der Waals surface area contributed by atoms with Gasteiger partial charge in [0.15, 0.2) is 12.4 Å². The molecule has 0 amide bonds. The van der Waals surface area contributed by atoms with Gasteiger partial charge >= 0.3 is 5.97 Å². The zero-order valence-corrected chi connectivity index (χ0v) is 14.3. The average Bonchev–Trinajstić information content (AvgIpc) is 3.06. The first kappa shape index (κ1) is 17.1. The first-order chi connectivity index (χ1) is 11.5. The number of hydrogen-bond donors (Lipinski definition) is 0. The van der Waals surface area contributed by atoms with E-state index in [0.717, 1.165) is 32.1 Å². The summed E-state index contributed by atoms with van der Waals surface area (Å²) in [7, 11) is -3.48. The molecule has 24 heavy (non-hydrogen) atoms. The summed E-state index contributed by atoms with van der Waals surface area (Å²) in [5, 5.41) is 0. The third-order valence-corrected chi connectivity index (χ3v) is 6.58. The lowest BCUT2D eigenvalue weighted by molar-refractivity contribution is -0.150. The van der Waals surface area contributed by atoms with Crippen LogP contribution in [0.1, 0.15) is 42.5 Å². The molecule has 0 bridgehead atoms. The Morgan fingerprint density at radius 1 is 1.04 bits per heavy atom. The van der Waals surface area contributed by atoms with Crippen LogP contribution >= 0.6 is 0 Å². The highest BCUT2D eigenvalue weighted by molar-refractivity contribution is 7.89. The number of carbonyl (C=O) groups excluding carboxylic acids is 2. The summed E-state index contributed by atoms with van der Waals surface area (Å²) in [6.45, 7) is 0.786. The van der Waals surface area contributed by atoms with Crippen molar-refractivity contribution in [3.05, 3.63) is 29.8 Å². The van der Waals surface area contributed by atoms with Gasteiger partial charge in [-0.2, -0.15) is 4.31 Å². The topological polar surface area (TPSA) is 80.8 Å². The van der Waals surface area contributed by atoms with Gasteiger partial charge in [0.2, 0.25) is 10.0 Å². The van der Waals surface area contributed by atoms with Crippen LogP contribution in [-0.4, -0.2) is 44.2 Å². The van der Waals surface area contributed by atoms with Gasteiger partial charge in [-0.25, -0.2) is 8.42 Å². The van der Waals surface area contributed by atoms with Crippen molar-refractivity contribution in [3.8, 4) is 0 Å². The molecule has 0 radical (unpaired) electrons. The molecule has 1 aromatic rings. The van der Waals surface area contributed by atoms with E-state index in [2.05, 4.69) is 0 Å². The number of esters is 1. The van der Waals surface area contributed by atoms with Crippen molar-refractivity contribution < 1.29 is 22.7 Å². The van der Waals surface area contributed by atoms with Gasteiger partial charge in [0.1, 0.15) is 0 Å². The van der Waals surface area contributed by atoms with Gasteiger partial charge < -0.3 is 4.74 Å². The molecule has 1 aliphatic heterocycles. The Bertz CT molecular complexity index is 716. The first-order valence-corrected chi connectivity index (χ1v) is 9.72. The van der Waals surface area contributed by atoms with Crippen LogP contribution in [0, 0.1) is 5.92 Å². The average molecular weight is 351 g/mol. The fourth-order valence-corrected chi connectivity index (χ4v) is 4.39. The monoisotopic (exact) mass is 351 g/mol. The molecule has 130 valence electrons. The first-order valence-electron chi connectivity index (χ1n) is 8.28. The minimum Gasteiger partial charge on any atom is -0.457 e. The van der Waals surface area contributed by atoms with E-state index in [9.17, 15) is 18.0 Å². The molecule has 1 heterocycles. The maximum atomic E-state index is 12.4. The van der Waals surface area contributed by atoms with Crippen LogP contribution in [0.15, 0.2) is 29.2 Å². The molecule has 1 saturated heterocycles. The van der Waals surface area contributed by atoms with Gasteiger partial charge in [0.25, 0.3) is 0 Å². The van der Waals surface area contributed by atoms with Crippen LogP contribution < -0.4 is 0 Å². The summed E-state index contributed by atoms with van der Waals surface area (Å²) in [5.74, 6) is -0.707. The van der Waals surface area contributed by atoms with Gasteiger partial charge in [0, 0.05) is 18.7 Å². The highest BCUT2D eigenvalue weighted by Crippen LogP contribution is 2.27. The fraction of sp³-hybridized carbons (Fsp3) is 0.529. The molecule has 0 unspecified atom stereocenters. The highest BCUT2D eigenvalue weighted by Gasteiger charge is 2.28. The lowest BCUT2D eigenvalue weighted by Gasteiger charge is -2.22. The van der Waals surface area contributed by atoms with Crippen LogP contribution in [0.2, 0.25) is 0 Å². The van der Waals surface area contributed by atoms with Crippen molar-refractivity contribution in [2.75, 3.05) is 19.7 Å². The summed E-state index contributed by atoms with van der Waals surface area (Å²) >= 11 is 0. The SMILES string of the molecule is O=C(COC(=O)C1CCC1)c1ccc(S(=O)(=O)N2CCCC2)cc1. The summed E-state index contributed by atoms with van der Waals surface area (Å²) in [6.07, 6.45) is 4.44. The quantitative estimate of drug-likeness (QED) is 0.578. The van der Waals surface area contributed by atoms with E-state index in [1.807, 2.05) is 0 Å². The Morgan fingerprint density at radius 3 is 2.21 bits per heavy atom. The highest BCUT2D eigenvalue weighted by atomic mass is 32.2. The van der Waals surface area contributed by atoms with Crippen LogP contribution in [-0.2, 0) is 19.6 Å². The minimum absolute atomic E-state index is 0.0641. The molecule has 3 rings (SSSR count). The standard InChI is InChI=1S/C17H21NO5S/c19-16(12-23-17(20)14-4-3-5-14)13-6-8-15(9-7-13)24(21,22)18-10-1-2-11-18/h6-9,14H,1-5,10-12H2. The van der Waals surface area contributed by atoms with Gasteiger partial charge in [-0.15, -0.1) is 0 Å². The normalized spacial score (nSPS) is 19.0. The molecule has 7 heteroatoms. The number of carbonyl (C=O) groups is 2. The van der Waals surface area contributed by atoms with E-state index in [-0.39, 0.29) is 29.2 Å². The Morgan fingerprint density at radius 2 is 1.67 bits per heavy atom. The van der Waals surface area contributed by atoms with Crippen LogP contribution in [0.5, 0.6) is 0 Å². The van der Waals surface area contributed by atoms with Gasteiger partial charge in [-0.05, 0) is 49.9 Å². The lowest BCUT2D eigenvalue weighted by Crippen LogP contribution is -2.28. The largest absolute Gasteiger partial charge is 0.457 e. The second-order valence-electron chi connectivity index (χ2n) is 6.29. The molecule has 1 aliphatic carbocycles. The number of ketones is 1. The van der Waals surface area contributed by atoms with Gasteiger partial charge in [0.05, 0.1) is 10.8 Å². The maximum Gasteiger partial charge on any atom is 0.309 e. The summed E-state index contributed by atoms with van der Waals surface area (Å²) in [5.41, 5.74) is 0.344. The smallest absolute Gasteiger partial charge is 0.309 e. The molecular weight excluding hydrogens is 330 g/mol.